The van der Waals surface area contributed by atoms with E-state index in [-0.39, 0.29) is 25.0 Å². The number of rotatable bonds is 8. The average molecular weight is 419 g/mol. The number of aromatic nitrogens is 3. The van der Waals surface area contributed by atoms with E-state index in [1.165, 1.54) is 24.3 Å². The van der Waals surface area contributed by atoms with Gasteiger partial charge in [-0.2, -0.15) is 5.10 Å². The number of aliphatic hydroxyl groups is 1. The fraction of sp³-hybridized carbons (Fsp3) is 0.571. The molecule has 8 nitrogen and oxygen atoms in total. The van der Waals surface area contributed by atoms with Crippen molar-refractivity contribution in [3.8, 4) is 5.75 Å². The second-order valence-corrected chi connectivity index (χ2v) is 7.74. The predicted molar refractivity (Wildman–Crippen MR) is 113 cm³/mol. The monoisotopic (exact) mass is 418 g/mol. The van der Waals surface area contributed by atoms with E-state index in [2.05, 4.69) is 39.6 Å². The topological polar surface area (TPSA) is 96.6 Å². The Hall–Kier alpha value is -2.68. The van der Waals surface area contributed by atoms with Crippen LogP contribution in [0.25, 0.3) is 0 Å². The average Bonchev–Trinajstić information content (AvgIpc) is 3.15. The Morgan fingerprint density at radius 2 is 2.13 bits per heavy atom. The third kappa shape index (κ3) is 6.16. The minimum atomic E-state index is -0.771. The van der Waals surface area contributed by atoms with Crippen LogP contribution in [0.2, 0.25) is 0 Å². The highest BCUT2D eigenvalue weighted by molar-refractivity contribution is 5.80. The molecule has 0 spiro atoms. The summed E-state index contributed by atoms with van der Waals surface area (Å²) in [6.07, 6.45) is 1.04. The molecule has 0 bridgehead atoms. The molecule has 0 saturated heterocycles. The van der Waals surface area contributed by atoms with Gasteiger partial charge in [0.2, 0.25) is 0 Å². The number of aliphatic hydroxyl groups excluding tert-OH is 1. The Balaban J connectivity index is 1.51. The van der Waals surface area contributed by atoms with Gasteiger partial charge < -0.3 is 20.5 Å². The van der Waals surface area contributed by atoms with Crippen molar-refractivity contribution in [2.24, 2.45) is 4.99 Å². The molecule has 0 fully saturated rings. The van der Waals surface area contributed by atoms with Gasteiger partial charge >= 0.3 is 0 Å². The molecule has 1 aliphatic rings. The molecular weight excluding hydrogens is 387 g/mol. The van der Waals surface area contributed by atoms with Crippen molar-refractivity contribution in [2.75, 3.05) is 19.7 Å². The maximum absolute atomic E-state index is 12.9. The number of guanidine groups is 1. The lowest BCUT2D eigenvalue weighted by molar-refractivity contribution is 0.114. The van der Waals surface area contributed by atoms with E-state index in [0.29, 0.717) is 24.2 Å². The first-order valence-corrected chi connectivity index (χ1v) is 10.5. The van der Waals surface area contributed by atoms with Gasteiger partial charge in [-0.05, 0) is 37.6 Å². The summed E-state index contributed by atoms with van der Waals surface area (Å²) in [5, 5.41) is 21.4. The maximum Gasteiger partial charge on any atom is 0.191 e. The number of nitrogens with one attached hydrogen (secondary N) is 2. The van der Waals surface area contributed by atoms with Gasteiger partial charge in [0.15, 0.2) is 11.8 Å². The van der Waals surface area contributed by atoms with Crippen LogP contribution >= 0.6 is 0 Å². The fourth-order valence-electron chi connectivity index (χ4n) is 3.18. The van der Waals surface area contributed by atoms with Crippen LogP contribution in [-0.2, 0) is 13.0 Å². The minimum Gasteiger partial charge on any atom is -0.491 e. The van der Waals surface area contributed by atoms with E-state index in [1.807, 2.05) is 11.6 Å². The molecule has 1 aromatic heterocycles. The summed E-state index contributed by atoms with van der Waals surface area (Å²) < 4.78 is 20.4. The van der Waals surface area contributed by atoms with E-state index < -0.39 is 6.10 Å². The molecule has 0 saturated carbocycles. The molecule has 3 rings (SSSR count). The summed E-state index contributed by atoms with van der Waals surface area (Å²) >= 11 is 0. The lowest BCUT2D eigenvalue weighted by Gasteiger charge is -2.25. The van der Waals surface area contributed by atoms with Crippen molar-refractivity contribution in [1.82, 2.24) is 25.4 Å². The van der Waals surface area contributed by atoms with Crippen LogP contribution in [0.15, 0.2) is 29.3 Å². The summed E-state index contributed by atoms with van der Waals surface area (Å²) in [5.74, 6) is 3.07. The van der Waals surface area contributed by atoms with Gasteiger partial charge in [0.05, 0.1) is 13.1 Å². The quantitative estimate of drug-likeness (QED) is 0.447. The zero-order chi connectivity index (χ0) is 21.5. The number of ether oxygens (including phenoxy) is 1. The van der Waals surface area contributed by atoms with Crippen molar-refractivity contribution in [2.45, 2.75) is 58.2 Å². The van der Waals surface area contributed by atoms with Crippen LogP contribution in [-0.4, -0.2) is 57.7 Å². The molecule has 164 valence electrons. The first-order chi connectivity index (χ1) is 14.4. The van der Waals surface area contributed by atoms with E-state index in [0.717, 1.165) is 31.0 Å². The van der Waals surface area contributed by atoms with E-state index in [9.17, 15) is 9.50 Å². The van der Waals surface area contributed by atoms with E-state index in [1.54, 1.807) is 0 Å². The van der Waals surface area contributed by atoms with Gasteiger partial charge in [0, 0.05) is 24.9 Å². The smallest absolute Gasteiger partial charge is 0.191 e. The summed E-state index contributed by atoms with van der Waals surface area (Å²) in [7, 11) is 0. The molecular formula is C21H31FN6O2. The lowest BCUT2D eigenvalue weighted by Crippen LogP contribution is -2.47. The Labute approximate surface area is 176 Å². The second-order valence-electron chi connectivity index (χ2n) is 7.74. The lowest BCUT2D eigenvalue weighted by atomic mass is 10.1. The first kappa shape index (κ1) is 22.0. The van der Waals surface area contributed by atoms with Crippen LogP contribution in [0, 0.1) is 5.82 Å². The summed E-state index contributed by atoms with van der Waals surface area (Å²) in [4.78, 5) is 9.10. The third-order valence-corrected chi connectivity index (χ3v) is 4.79. The zero-order valence-electron chi connectivity index (χ0n) is 17.8. The molecule has 3 N–H and O–H groups in total. The number of fused-ring (bicyclic) bond motifs is 1. The number of hydrogen-bond acceptors (Lipinski definition) is 5. The van der Waals surface area contributed by atoms with Crippen LogP contribution < -0.4 is 15.4 Å². The molecule has 30 heavy (non-hydrogen) atoms. The summed E-state index contributed by atoms with van der Waals surface area (Å²) in [5.41, 5.74) is 0. The molecule has 2 unspecified atom stereocenters. The zero-order valence-corrected chi connectivity index (χ0v) is 17.8. The SMILES string of the molecule is CCNC(=NCC(O)COc1ccc(F)cc1)NC1CCc2nc(C(C)C)nn2C1. The van der Waals surface area contributed by atoms with Crippen molar-refractivity contribution < 1.29 is 14.2 Å². The van der Waals surface area contributed by atoms with Crippen LogP contribution in [0.5, 0.6) is 5.75 Å². The molecule has 2 atom stereocenters. The Bertz CT molecular complexity index is 837. The van der Waals surface area contributed by atoms with Gasteiger partial charge in [-0.3, -0.25) is 4.99 Å². The molecule has 2 heterocycles. The van der Waals surface area contributed by atoms with Crippen molar-refractivity contribution in [3.63, 3.8) is 0 Å². The molecule has 1 aliphatic heterocycles. The molecule has 0 aliphatic carbocycles. The Morgan fingerprint density at radius 1 is 1.37 bits per heavy atom. The standard InChI is InChI=1S/C21H31FN6O2/c1-4-23-21(24-11-17(29)13-30-18-8-5-15(22)6-9-18)25-16-7-10-19-26-20(14(2)3)27-28(19)12-16/h5-6,8-9,14,16-17,29H,4,7,10-13H2,1-3H3,(H2,23,24,25). The Kier molecular flexibility index (Phi) is 7.62. The second kappa shape index (κ2) is 10.4. The van der Waals surface area contributed by atoms with E-state index >= 15 is 0 Å². The predicted octanol–water partition coefficient (Wildman–Crippen LogP) is 1.85. The fourth-order valence-corrected chi connectivity index (χ4v) is 3.18. The normalized spacial score (nSPS) is 17.5. The molecule has 1 aromatic carbocycles. The van der Waals surface area contributed by atoms with Crippen LogP contribution in [0.1, 0.15) is 44.8 Å². The van der Waals surface area contributed by atoms with Crippen molar-refractivity contribution in [3.05, 3.63) is 41.7 Å². The third-order valence-electron chi connectivity index (χ3n) is 4.79. The number of aliphatic imine (C=N–C) groups is 1. The van der Waals surface area contributed by atoms with Gasteiger partial charge in [-0.1, -0.05) is 13.8 Å². The van der Waals surface area contributed by atoms with Crippen molar-refractivity contribution >= 4 is 5.96 Å². The van der Waals surface area contributed by atoms with Gasteiger partial charge in [-0.15, -0.1) is 0 Å². The highest BCUT2D eigenvalue weighted by atomic mass is 19.1. The van der Waals surface area contributed by atoms with Crippen LogP contribution in [0.3, 0.4) is 0 Å². The van der Waals surface area contributed by atoms with Gasteiger partial charge in [0.1, 0.15) is 30.1 Å². The minimum absolute atomic E-state index is 0.0816. The number of benzene rings is 1. The number of hydrogen-bond donors (Lipinski definition) is 3. The summed E-state index contributed by atoms with van der Waals surface area (Å²) in [6, 6.07) is 5.89. The van der Waals surface area contributed by atoms with Crippen molar-refractivity contribution in [1.29, 1.82) is 0 Å². The molecule has 2 aromatic rings. The summed E-state index contributed by atoms with van der Waals surface area (Å²) in [6.45, 7) is 7.91. The number of aryl methyl sites for hydroxylation is 1. The van der Waals surface area contributed by atoms with Crippen LogP contribution in [0.4, 0.5) is 4.39 Å². The van der Waals surface area contributed by atoms with Gasteiger partial charge in [-0.25, -0.2) is 14.1 Å². The maximum atomic E-state index is 12.9. The van der Waals surface area contributed by atoms with Gasteiger partial charge in [0.25, 0.3) is 0 Å². The highest BCUT2D eigenvalue weighted by Crippen LogP contribution is 2.17. The highest BCUT2D eigenvalue weighted by Gasteiger charge is 2.23. The molecule has 9 heteroatoms. The number of halogens is 1. The largest absolute Gasteiger partial charge is 0.491 e. The molecule has 0 radical (unpaired) electrons. The Morgan fingerprint density at radius 3 is 2.83 bits per heavy atom. The van der Waals surface area contributed by atoms with E-state index in [4.69, 9.17) is 4.74 Å². The number of nitrogens with zero attached hydrogens (tertiary/aromatic N) is 4. The first-order valence-electron chi connectivity index (χ1n) is 10.5. The molecule has 0 amide bonds.